The first-order chi connectivity index (χ1) is 28.2. The number of fused-ring (bicyclic) bond motifs is 6. The van der Waals surface area contributed by atoms with Gasteiger partial charge in [0.15, 0.2) is 17.5 Å². The van der Waals surface area contributed by atoms with Crippen LogP contribution in [0.15, 0.2) is 194 Å². The Kier molecular flexibility index (Phi) is 7.89. The van der Waals surface area contributed by atoms with E-state index in [9.17, 15) is 0 Å². The molecule has 266 valence electrons. The van der Waals surface area contributed by atoms with Crippen LogP contribution in [0.25, 0.3) is 100 Å². The number of benzene rings is 9. The maximum Gasteiger partial charge on any atom is 0.164 e. The van der Waals surface area contributed by atoms with Crippen molar-refractivity contribution >= 4 is 54.7 Å². The molecule has 0 bridgehead atoms. The zero-order chi connectivity index (χ0) is 37.7. The van der Waals surface area contributed by atoms with Crippen molar-refractivity contribution in [2.24, 2.45) is 0 Å². The first kappa shape index (κ1) is 32.9. The van der Waals surface area contributed by atoms with Gasteiger partial charge in [-0.3, -0.25) is 0 Å². The van der Waals surface area contributed by atoms with Crippen LogP contribution in [0.3, 0.4) is 0 Å². The zero-order valence-electron chi connectivity index (χ0n) is 31.1. The van der Waals surface area contributed by atoms with E-state index in [1.54, 1.807) is 0 Å². The molecule has 0 atom stereocenters. The molecule has 1 aromatic heterocycles. The molecule has 3 nitrogen and oxygen atoms in total. The zero-order valence-corrected chi connectivity index (χ0v) is 31.1. The number of hydrogen-bond acceptors (Lipinski definition) is 3. The molecule has 57 heavy (non-hydrogen) atoms. The first-order valence-electron chi connectivity index (χ1n) is 19.5. The summed E-state index contributed by atoms with van der Waals surface area (Å²) < 4.78 is 0. The van der Waals surface area contributed by atoms with Crippen LogP contribution in [0.4, 0.5) is 0 Å². The summed E-state index contributed by atoms with van der Waals surface area (Å²) >= 11 is 0. The van der Waals surface area contributed by atoms with Gasteiger partial charge >= 0.3 is 0 Å². The third-order valence-corrected chi connectivity index (χ3v) is 11.3. The Balaban J connectivity index is 1.05. The summed E-state index contributed by atoms with van der Waals surface area (Å²) in [5.41, 5.74) is 10.0. The van der Waals surface area contributed by atoms with Crippen molar-refractivity contribution in [3.8, 4) is 45.3 Å². The summed E-state index contributed by atoms with van der Waals surface area (Å²) in [6.45, 7) is 0. The first-order valence-corrected chi connectivity index (χ1v) is 19.5. The molecule has 3 heteroatoms. The fourth-order valence-corrected chi connectivity index (χ4v) is 8.56. The summed E-state index contributed by atoms with van der Waals surface area (Å²) in [5, 5.41) is 9.84. The Morgan fingerprint density at radius 3 is 1.77 bits per heavy atom. The van der Waals surface area contributed by atoms with Gasteiger partial charge < -0.3 is 0 Å². The minimum atomic E-state index is 0.644. The standard InChI is InChI=1S/C54H35N3/c1-3-14-35(15-4-1)43-20-11-12-23-47-46(43)24-13-25-49(47)54-56-52(37-17-5-2-6-18-37)55-53(57-54)42-29-27-38-32-41(28-26-39(38)33-42)51-45-22-10-8-19-40(45)34-50-44-21-9-7-16-36(44)30-31-48(50)51/h1-10,12-34H,11H2. The van der Waals surface area contributed by atoms with E-state index < -0.39 is 0 Å². The van der Waals surface area contributed by atoms with Gasteiger partial charge in [-0.25, -0.2) is 15.0 Å². The highest BCUT2D eigenvalue weighted by Crippen LogP contribution is 2.41. The molecule has 0 aliphatic heterocycles. The number of nitrogens with zero attached hydrogens (tertiary/aromatic N) is 3. The van der Waals surface area contributed by atoms with E-state index in [-0.39, 0.29) is 0 Å². The second-order valence-electron chi connectivity index (χ2n) is 14.7. The average Bonchev–Trinajstić information content (AvgIpc) is 3.51. The molecule has 1 heterocycles. The maximum atomic E-state index is 5.23. The average molecular weight is 726 g/mol. The van der Waals surface area contributed by atoms with Gasteiger partial charge in [-0.1, -0.05) is 182 Å². The van der Waals surface area contributed by atoms with Crippen molar-refractivity contribution in [1.29, 1.82) is 0 Å². The Labute approximate surface area is 331 Å². The lowest BCUT2D eigenvalue weighted by molar-refractivity contribution is 1.07. The van der Waals surface area contributed by atoms with Crippen LogP contribution < -0.4 is 0 Å². The molecule has 0 fully saturated rings. The molecule has 10 aromatic rings. The minimum absolute atomic E-state index is 0.644. The molecule has 0 saturated carbocycles. The molecule has 1 aliphatic carbocycles. The molecular weight excluding hydrogens is 691 g/mol. The van der Waals surface area contributed by atoms with Gasteiger partial charge in [-0.2, -0.15) is 0 Å². The van der Waals surface area contributed by atoms with Crippen molar-refractivity contribution in [3.63, 3.8) is 0 Å². The van der Waals surface area contributed by atoms with Crippen molar-refractivity contribution in [3.05, 3.63) is 211 Å². The predicted molar refractivity (Wildman–Crippen MR) is 239 cm³/mol. The lowest BCUT2D eigenvalue weighted by Crippen LogP contribution is -2.02. The van der Waals surface area contributed by atoms with Gasteiger partial charge in [0, 0.05) is 16.7 Å². The van der Waals surface area contributed by atoms with E-state index in [4.69, 9.17) is 15.0 Å². The lowest BCUT2D eigenvalue weighted by atomic mass is 9.89. The smallest absolute Gasteiger partial charge is 0.164 e. The Hall–Kier alpha value is -7.49. The SMILES string of the molecule is C1=Cc2c(cccc2-c2nc(-c3ccccc3)nc(-c3ccc4cc(-c5c6ccccc6cc6c5ccc5ccccc56)ccc4c3)n2)C(c2ccccc2)=CC1. The van der Waals surface area contributed by atoms with E-state index in [0.29, 0.717) is 17.5 Å². The molecule has 0 saturated heterocycles. The number of allylic oxidation sites excluding steroid dienone is 2. The summed E-state index contributed by atoms with van der Waals surface area (Å²) in [6, 6.07) is 65.0. The van der Waals surface area contributed by atoms with Crippen LogP contribution >= 0.6 is 0 Å². The van der Waals surface area contributed by atoms with Crippen molar-refractivity contribution in [1.82, 2.24) is 15.0 Å². The molecular formula is C54H35N3. The normalized spacial score (nSPS) is 12.5. The molecule has 0 spiro atoms. The van der Waals surface area contributed by atoms with Crippen molar-refractivity contribution in [2.45, 2.75) is 6.42 Å². The van der Waals surface area contributed by atoms with E-state index in [0.717, 1.165) is 39.4 Å². The highest BCUT2D eigenvalue weighted by molar-refractivity contribution is 6.20. The summed E-state index contributed by atoms with van der Waals surface area (Å²) in [4.78, 5) is 15.5. The molecule has 0 N–H and O–H groups in total. The third kappa shape index (κ3) is 5.80. The number of rotatable bonds is 5. The molecule has 11 rings (SSSR count). The second kappa shape index (κ2) is 13.7. The summed E-state index contributed by atoms with van der Waals surface area (Å²) in [5.74, 6) is 1.95. The van der Waals surface area contributed by atoms with Crippen molar-refractivity contribution in [2.75, 3.05) is 0 Å². The van der Waals surface area contributed by atoms with Gasteiger partial charge in [0.05, 0.1) is 0 Å². The highest BCUT2D eigenvalue weighted by atomic mass is 15.0. The molecule has 0 radical (unpaired) electrons. The number of aromatic nitrogens is 3. The highest BCUT2D eigenvalue weighted by Gasteiger charge is 2.19. The second-order valence-corrected chi connectivity index (χ2v) is 14.7. The predicted octanol–water partition coefficient (Wildman–Crippen LogP) is 14.0. The number of hydrogen-bond donors (Lipinski definition) is 0. The van der Waals surface area contributed by atoms with Gasteiger partial charge in [0.25, 0.3) is 0 Å². The van der Waals surface area contributed by atoms with Crippen LogP contribution in [0.5, 0.6) is 0 Å². The summed E-state index contributed by atoms with van der Waals surface area (Å²) in [7, 11) is 0. The third-order valence-electron chi connectivity index (χ3n) is 11.3. The fraction of sp³-hybridized carbons (Fsp3) is 0.0185. The van der Waals surface area contributed by atoms with Gasteiger partial charge in [-0.05, 0) is 101 Å². The summed E-state index contributed by atoms with van der Waals surface area (Å²) in [6.07, 6.45) is 7.60. The minimum Gasteiger partial charge on any atom is -0.208 e. The van der Waals surface area contributed by atoms with Crippen LogP contribution in [0, 0.1) is 0 Å². The maximum absolute atomic E-state index is 5.23. The van der Waals surface area contributed by atoms with E-state index in [1.165, 1.54) is 60.1 Å². The van der Waals surface area contributed by atoms with Gasteiger partial charge in [0.2, 0.25) is 0 Å². The quantitative estimate of drug-likeness (QED) is 0.131. The van der Waals surface area contributed by atoms with Crippen LogP contribution in [-0.2, 0) is 0 Å². The molecule has 0 amide bonds. The topological polar surface area (TPSA) is 38.7 Å². The molecule has 0 unspecified atom stereocenters. The van der Waals surface area contributed by atoms with E-state index >= 15 is 0 Å². The van der Waals surface area contributed by atoms with Gasteiger partial charge in [0.1, 0.15) is 0 Å². The molecule has 9 aromatic carbocycles. The van der Waals surface area contributed by atoms with Crippen LogP contribution in [-0.4, -0.2) is 15.0 Å². The Bertz CT molecular complexity index is 3250. The van der Waals surface area contributed by atoms with Gasteiger partial charge in [-0.15, -0.1) is 0 Å². The van der Waals surface area contributed by atoms with E-state index in [1.807, 2.05) is 18.2 Å². The monoisotopic (exact) mass is 725 g/mol. The van der Waals surface area contributed by atoms with Crippen LogP contribution in [0.2, 0.25) is 0 Å². The largest absolute Gasteiger partial charge is 0.208 e. The van der Waals surface area contributed by atoms with Crippen LogP contribution in [0.1, 0.15) is 23.1 Å². The Morgan fingerprint density at radius 2 is 0.965 bits per heavy atom. The molecule has 1 aliphatic rings. The van der Waals surface area contributed by atoms with Crippen molar-refractivity contribution < 1.29 is 0 Å². The van der Waals surface area contributed by atoms with E-state index in [2.05, 4.69) is 182 Å². The lowest BCUT2D eigenvalue weighted by Gasteiger charge is -2.15. The Morgan fingerprint density at radius 1 is 0.351 bits per heavy atom. The fourth-order valence-electron chi connectivity index (χ4n) is 8.56.